The lowest BCUT2D eigenvalue weighted by molar-refractivity contribution is -0.135. The van der Waals surface area contributed by atoms with Gasteiger partial charge in [-0.2, -0.15) is 0 Å². The molecule has 0 unspecified atom stereocenters. The number of benzene rings is 1. The van der Waals surface area contributed by atoms with Crippen LogP contribution in [0.3, 0.4) is 0 Å². The van der Waals surface area contributed by atoms with Gasteiger partial charge in [-0.15, -0.1) is 0 Å². The SMILES string of the molecule is CC(C)CN(CC(N)=O)C(=O)CCc1cccc(N)c1. The van der Waals surface area contributed by atoms with Crippen molar-refractivity contribution in [3.05, 3.63) is 29.8 Å². The minimum Gasteiger partial charge on any atom is -0.399 e. The zero-order valence-electron chi connectivity index (χ0n) is 12.1. The quantitative estimate of drug-likeness (QED) is 0.733. The van der Waals surface area contributed by atoms with Gasteiger partial charge in [0.2, 0.25) is 11.8 Å². The van der Waals surface area contributed by atoms with E-state index in [-0.39, 0.29) is 12.5 Å². The minimum atomic E-state index is -0.483. The molecule has 0 aromatic heterocycles. The highest BCUT2D eigenvalue weighted by Gasteiger charge is 2.16. The summed E-state index contributed by atoms with van der Waals surface area (Å²) in [5.41, 5.74) is 12.6. The van der Waals surface area contributed by atoms with E-state index in [0.717, 1.165) is 5.56 Å². The zero-order chi connectivity index (χ0) is 15.1. The molecule has 1 aromatic carbocycles. The number of amides is 2. The Bertz CT molecular complexity index is 472. The average Bonchev–Trinajstić information content (AvgIpc) is 2.34. The second kappa shape index (κ2) is 7.53. The van der Waals surface area contributed by atoms with E-state index in [9.17, 15) is 9.59 Å². The summed E-state index contributed by atoms with van der Waals surface area (Å²) in [5, 5.41) is 0. The molecule has 0 bridgehead atoms. The van der Waals surface area contributed by atoms with Gasteiger partial charge in [-0.1, -0.05) is 26.0 Å². The van der Waals surface area contributed by atoms with Crippen molar-refractivity contribution < 1.29 is 9.59 Å². The lowest BCUT2D eigenvalue weighted by Crippen LogP contribution is -2.40. The van der Waals surface area contributed by atoms with Gasteiger partial charge in [0.1, 0.15) is 0 Å². The summed E-state index contributed by atoms with van der Waals surface area (Å²) in [6.07, 6.45) is 0.959. The second-order valence-corrected chi connectivity index (χ2v) is 5.38. The van der Waals surface area contributed by atoms with Crippen LogP contribution < -0.4 is 11.5 Å². The molecule has 0 aliphatic rings. The van der Waals surface area contributed by atoms with Crippen LogP contribution in [0.2, 0.25) is 0 Å². The van der Waals surface area contributed by atoms with Gasteiger partial charge >= 0.3 is 0 Å². The third-order valence-electron chi connectivity index (χ3n) is 2.86. The van der Waals surface area contributed by atoms with Crippen LogP contribution in [0.15, 0.2) is 24.3 Å². The molecule has 4 N–H and O–H groups in total. The molecule has 1 rings (SSSR count). The normalized spacial score (nSPS) is 10.6. The Morgan fingerprint density at radius 1 is 1.30 bits per heavy atom. The summed E-state index contributed by atoms with van der Waals surface area (Å²) >= 11 is 0. The van der Waals surface area contributed by atoms with Gasteiger partial charge in [-0.05, 0) is 30.0 Å². The van der Waals surface area contributed by atoms with E-state index in [2.05, 4.69) is 0 Å². The first-order valence-electron chi connectivity index (χ1n) is 6.79. The fourth-order valence-electron chi connectivity index (χ4n) is 2.04. The topological polar surface area (TPSA) is 89.4 Å². The molecule has 0 fully saturated rings. The first kappa shape index (κ1) is 16.0. The Morgan fingerprint density at radius 2 is 2.00 bits per heavy atom. The van der Waals surface area contributed by atoms with Crippen molar-refractivity contribution in [1.29, 1.82) is 0 Å². The van der Waals surface area contributed by atoms with E-state index in [1.54, 1.807) is 0 Å². The molecular weight excluding hydrogens is 254 g/mol. The van der Waals surface area contributed by atoms with Crippen LogP contribution in [0.4, 0.5) is 5.69 Å². The highest BCUT2D eigenvalue weighted by atomic mass is 16.2. The number of carbonyl (C=O) groups excluding carboxylic acids is 2. The third-order valence-corrected chi connectivity index (χ3v) is 2.86. The summed E-state index contributed by atoms with van der Waals surface area (Å²) in [4.78, 5) is 24.7. The Morgan fingerprint density at radius 3 is 2.55 bits per heavy atom. The molecule has 0 atom stereocenters. The van der Waals surface area contributed by atoms with Gasteiger partial charge in [0.15, 0.2) is 0 Å². The first-order chi connectivity index (χ1) is 9.38. The van der Waals surface area contributed by atoms with Crippen LogP contribution in [-0.4, -0.2) is 29.8 Å². The van der Waals surface area contributed by atoms with Crippen molar-refractivity contribution in [1.82, 2.24) is 4.90 Å². The highest BCUT2D eigenvalue weighted by Crippen LogP contribution is 2.10. The molecule has 0 spiro atoms. The van der Waals surface area contributed by atoms with Crippen molar-refractivity contribution in [3.8, 4) is 0 Å². The molecule has 0 radical (unpaired) electrons. The molecule has 0 saturated heterocycles. The predicted molar refractivity (Wildman–Crippen MR) is 79.8 cm³/mol. The Labute approximate surface area is 119 Å². The molecule has 0 saturated carbocycles. The van der Waals surface area contributed by atoms with Crippen molar-refractivity contribution in [2.75, 3.05) is 18.8 Å². The third kappa shape index (κ3) is 5.73. The van der Waals surface area contributed by atoms with Gasteiger partial charge in [0, 0.05) is 18.7 Å². The predicted octanol–water partition coefficient (Wildman–Crippen LogP) is 1.17. The molecule has 5 nitrogen and oxygen atoms in total. The van der Waals surface area contributed by atoms with Crippen LogP contribution in [0.1, 0.15) is 25.8 Å². The van der Waals surface area contributed by atoms with Crippen LogP contribution in [0.25, 0.3) is 0 Å². The summed E-state index contributed by atoms with van der Waals surface area (Å²) in [6, 6.07) is 7.46. The van der Waals surface area contributed by atoms with E-state index in [1.165, 1.54) is 4.90 Å². The van der Waals surface area contributed by atoms with E-state index in [0.29, 0.717) is 31.0 Å². The van der Waals surface area contributed by atoms with Crippen molar-refractivity contribution in [3.63, 3.8) is 0 Å². The number of primary amides is 1. The number of hydrogen-bond acceptors (Lipinski definition) is 3. The fourth-order valence-corrected chi connectivity index (χ4v) is 2.04. The number of nitrogen functional groups attached to an aromatic ring is 1. The largest absolute Gasteiger partial charge is 0.399 e. The smallest absolute Gasteiger partial charge is 0.237 e. The van der Waals surface area contributed by atoms with E-state index < -0.39 is 5.91 Å². The molecule has 0 aliphatic heterocycles. The highest BCUT2D eigenvalue weighted by molar-refractivity contribution is 5.83. The molecule has 5 heteroatoms. The maximum Gasteiger partial charge on any atom is 0.237 e. The number of rotatable bonds is 7. The molecule has 110 valence electrons. The summed E-state index contributed by atoms with van der Waals surface area (Å²) < 4.78 is 0. The number of nitrogens with zero attached hydrogens (tertiary/aromatic N) is 1. The molecule has 0 aliphatic carbocycles. The standard InChI is InChI=1S/C15H23N3O2/c1-11(2)9-18(10-14(17)19)15(20)7-6-12-4-3-5-13(16)8-12/h3-5,8,11H,6-7,9-10,16H2,1-2H3,(H2,17,19). The second-order valence-electron chi connectivity index (χ2n) is 5.38. The Balaban J connectivity index is 2.59. The zero-order valence-corrected chi connectivity index (χ0v) is 12.1. The summed E-state index contributed by atoms with van der Waals surface area (Å²) in [7, 11) is 0. The Hall–Kier alpha value is -2.04. The number of hydrogen-bond donors (Lipinski definition) is 2. The van der Waals surface area contributed by atoms with Gasteiger partial charge in [0.25, 0.3) is 0 Å². The van der Waals surface area contributed by atoms with Crippen LogP contribution in [0.5, 0.6) is 0 Å². The van der Waals surface area contributed by atoms with Crippen LogP contribution in [0, 0.1) is 5.92 Å². The number of carbonyl (C=O) groups is 2. The van der Waals surface area contributed by atoms with Gasteiger partial charge in [-0.3, -0.25) is 9.59 Å². The van der Waals surface area contributed by atoms with E-state index in [4.69, 9.17) is 11.5 Å². The van der Waals surface area contributed by atoms with Gasteiger partial charge in [-0.25, -0.2) is 0 Å². The van der Waals surface area contributed by atoms with Crippen molar-refractivity contribution in [2.45, 2.75) is 26.7 Å². The summed E-state index contributed by atoms with van der Waals surface area (Å²) in [6.45, 7) is 4.52. The van der Waals surface area contributed by atoms with Gasteiger partial charge in [0.05, 0.1) is 6.54 Å². The molecule has 20 heavy (non-hydrogen) atoms. The lowest BCUT2D eigenvalue weighted by Gasteiger charge is -2.23. The van der Waals surface area contributed by atoms with Crippen molar-refractivity contribution >= 4 is 17.5 Å². The Kier molecular flexibility index (Phi) is 6.03. The molecule has 1 aromatic rings. The van der Waals surface area contributed by atoms with Crippen LogP contribution in [-0.2, 0) is 16.0 Å². The number of aryl methyl sites for hydroxylation is 1. The molecule has 0 heterocycles. The average molecular weight is 277 g/mol. The van der Waals surface area contributed by atoms with Gasteiger partial charge < -0.3 is 16.4 Å². The molecular formula is C15H23N3O2. The lowest BCUT2D eigenvalue weighted by atomic mass is 10.1. The fraction of sp³-hybridized carbons (Fsp3) is 0.467. The maximum atomic E-state index is 12.2. The number of nitrogens with two attached hydrogens (primary N) is 2. The first-order valence-corrected chi connectivity index (χ1v) is 6.79. The van der Waals surface area contributed by atoms with Crippen molar-refractivity contribution in [2.24, 2.45) is 11.7 Å². The molecule has 2 amide bonds. The van der Waals surface area contributed by atoms with E-state index in [1.807, 2.05) is 38.1 Å². The number of anilines is 1. The monoisotopic (exact) mass is 277 g/mol. The summed E-state index contributed by atoms with van der Waals surface area (Å²) in [5.74, 6) is -0.242. The van der Waals surface area contributed by atoms with Crippen LogP contribution >= 0.6 is 0 Å². The minimum absolute atomic E-state index is 0.0199. The van der Waals surface area contributed by atoms with E-state index >= 15 is 0 Å². The maximum absolute atomic E-state index is 12.2.